The maximum Gasteiger partial charge on any atom is 0.374 e. The molecule has 0 spiro atoms. The molecule has 0 aliphatic rings. The predicted molar refractivity (Wildman–Crippen MR) is 49.3 cm³/mol. The lowest BCUT2D eigenvalue weighted by molar-refractivity contribution is -0.151. The molecule has 0 bridgehead atoms. The van der Waals surface area contributed by atoms with Crippen LogP contribution in [0.3, 0.4) is 0 Å². The summed E-state index contributed by atoms with van der Waals surface area (Å²) in [6, 6.07) is 0. The van der Waals surface area contributed by atoms with Crippen LogP contribution in [0, 0.1) is 0 Å². The van der Waals surface area contributed by atoms with Crippen LogP contribution in [0.15, 0.2) is 0 Å². The fourth-order valence-electron chi connectivity index (χ4n) is 0.977. The van der Waals surface area contributed by atoms with Gasteiger partial charge in [0, 0.05) is 12.8 Å². The van der Waals surface area contributed by atoms with Crippen molar-refractivity contribution in [2.24, 2.45) is 5.73 Å². The second kappa shape index (κ2) is 7.06. The monoisotopic (exact) mass is 201 g/mol. The van der Waals surface area contributed by atoms with Crippen molar-refractivity contribution in [2.45, 2.75) is 32.1 Å². The summed E-state index contributed by atoms with van der Waals surface area (Å²) in [5, 5.41) is 0. The average Bonchev–Trinajstić information content (AvgIpc) is 2.15. The Bertz CT molecular complexity index is 225. The van der Waals surface area contributed by atoms with Crippen LogP contribution in [-0.4, -0.2) is 24.8 Å². The van der Waals surface area contributed by atoms with Gasteiger partial charge in [-0.25, -0.2) is 4.79 Å². The molecule has 0 rings (SSSR count). The number of primary amides is 1. The van der Waals surface area contributed by atoms with Crippen LogP contribution in [0.4, 0.5) is 0 Å². The highest BCUT2D eigenvalue weighted by atomic mass is 16.5. The number of amides is 1. The normalized spacial score (nSPS) is 9.50. The third kappa shape index (κ3) is 6.16. The Morgan fingerprint density at radius 2 is 1.64 bits per heavy atom. The van der Waals surface area contributed by atoms with E-state index in [1.807, 2.05) is 0 Å². The number of nitrogens with two attached hydrogens (primary N) is 1. The first kappa shape index (κ1) is 12.6. The smallest absolute Gasteiger partial charge is 0.374 e. The number of ether oxygens (including phenoxy) is 1. The maximum atomic E-state index is 10.9. The first-order valence-corrected chi connectivity index (χ1v) is 4.47. The van der Waals surface area contributed by atoms with E-state index in [1.165, 1.54) is 7.11 Å². The molecule has 0 aromatic rings. The van der Waals surface area contributed by atoms with Crippen molar-refractivity contribution in [2.75, 3.05) is 7.11 Å². The molecule has 0 aromatic heterocycles. The van der Waals surface area contributed by atoms with Gasteiger partial charge in [0.05, 0.1) is 7.11 Å². The van der Waals surface area contributed by atoms with Crippen LogP contribution >= 0.6 is 0 Å². The Labute approximate surface area is 82.6 Å². The van der Waals surface area contributed by atoms with Crippen molar-refractivity contribution in [1.82, 2.24) is 0 Å². The summed E-state index contributed by atoms with van der Waals surface area (Å²) >= 11 is 0. The molecule has 0 saturated carbocycles. The summed E-state index contributed by atoms with van der Waals surface area (Å²) in [4.78, 5) is 31.9. The van der Waals surface area contributed by atoms with Gasteiger partial charge >= 0.3 is 5.97 Å². The summed E-state index contributed by atoms with van der Waals surface area (Å²) in [5.74, 6) is -1.67. The maximum absolute atomic E-state index is 10.9. The van der Waals surface area contributed by atoms with Gasteiger partial charge in [-0.05, 0) is 12.8 Å². The van der Waals surface area contributed by atoms with Crippen LogP contribution < -0.4 is 5.73 Å². The largest absolute Gasteiger partial charge is 0.463 e. The first-order chi connectivity index (χ1) is 6.57. The van der Waals surface area contributed by atoms with Crippen molar-refractivity contribution in [3.05, 3.63) is 0 Å². The molecule has 0 aliphatic carbocycles. The number of carbonyl (C=O) groups is 3. The van der Waals surface area contributed by atoms with Crippen molar-refractivity contribution in [1.29, 1.82) is 0 Å². The van der Waals surface area contributed by atoms with Crippen LogP contribution in [0.1, 0.15) is 32.1 Å². The molecule has 14 heavy (non-hydrogen) atoms. The summed E-state index contributed by atoms with van der Waals surface area (Å²) < 4.78 is 4.24. The lowest BCUT2D eigenvalue weighted by Gasteiger charge is -1.98. The number of esters is 1. The Morgan fingerprint density at radius 3 is 2.14 bits per heavy atom. The number of hydrogen-bond donors (Lipinski definition) is 1. The molecule has 0 unspecified atom stereocenters. The molecule has 2 N–H and O–H groups in total. The first-order valence-electron chi connectivity index (χ1n) is 4.47. The number of unbranched alkanes of at least 4 members (excludes halogenated alkanes) is 2. The number of carbonyl (C=O) groups excluding carboxylic acids is 3. The van der Waals surface area contributed by atoms with E-state index in [2.05, 4.69) is 4.74 Å². The van der Waals surface area contributed by atoms with Crippen LogP contribution in [0.5, 0.6) is 0 Å². The fraction of sp³-hybridized carbons (Fsp3) is 0.667. The van der Waals surface area contributed by atoms with E-state index in [9.17, 15) is 14.4 Å². The molecule has 80 valence electrons. The molecule has 0 radical (unpaired) electrons. The van der Waals surface area contributed by atoms with Gasteiger partial charge in [0.25, 0.3) is 0 Å². The van der Waals surface area contributed by atoms with Gasteiger partial charge in [-0.2, -0.15) is 0 Å². The average molecular weight is 201 g/mol. The quantitative estimate of drug-likeness (QED) is 0.361. The SMILES string of the molecule is COC(=O)C(=O)CCCCCC(N)=O. The minimum atomic E-state index is -0.806. The van der Waals surface area contributed by atoms with E-state index in [0.29, 0.717) is 25.7 Å². The molecule has 5 heteroatoms. The third-order valence-electron chi connectivity index (χ3n) is 1.74. The lowest BCUT2D eigenvalue weighted by Crippen LogP contribution is -2.15. The number of hydrogen-bond acceptors (Lipinski definition) is 4. The minimum Gasteiger partial charge on any atom is -0.463 e. The Morgan fingerprint density at radius 1 is 1.07 bits per heavy atom. The standard InChI is InChI=1S/C9H15NO4/c1-14-9(13)7(11)5-3-2-4-6-8(10)12/h2-6H2,1H3,(H2,10,12). The lowest BCUT2D eigenvalue weighted by atomic mass is 10.1. The molecule has 0 aromatic carbocycles. The van der Waals surface area contributed by atoms with E-state index < -0.39 is 11.8 Å². The van der Waals surface area contributed by atoms with Crippen molar-refractivity contribution < 1.29 is 19.1 Å². The molecule has 0 saturated heterocycles. The molecule has 0 fully saturated rings. The highest BCUT2D eigenvalue weighted by Gasteiger charge is 2.12. The second-order valence-corrected chi connectivity index (χ2v) is 2.94. The van der Waals surface area contributed by atoms with Gasteiger partial charge in [-0.15, -0.1) is 0 Å². The zero-order chi connectivity index (χ0) is 11.0. The van der Waals surface area contributed by atoms with E-state index in [0.717, 1.165) is 0 Å². The molecule has 0 atom stereocenters. The zero-order valence-electron chi connectivity index (χ0n) is 8.25. The van der Waals surface area contributed by atoms with E-state index in [1.54, 1.807) is 0 Å². The van der Waals surface area contributed by atoms with Gasteiger partial charge in [0.15, 0.2) is 0 Å². The molecular weight excluding hydrogens is 186 g/mol. The molecule has 1 amide bonds. The molecule has 5 nitrogen and oxygen atoms in total. The number of ketones is 1. The fourth-order valence-corrected chi connectivity index (χ4v) is 0.977. The summed E-state index contributed by atoms with van der Waals surface area (Å²) in [5.41, 5.74) is 4.92. The van der Waals surface area contributed by atoms with E-state index in [4.69, 9.17) is 5.73 Å². The van der Waals surface area contributed by atoms with Gasteiger partial charge in [0.2, 0.25) is 11.7 Å². The molecule has 0 aliphatic heterocycles. The number of Topliss-reactive ketones (excluding diaryl/α,β-unsaturated/α-hetero) is 1. The molecular formula is C9H15NO4. The zero-order valence-corrected chi connectivity index (χ0v) is 8.25. The predicted octanol–water partition coefficient (Wildman–Crippen LogP) is 0.164. The summed E-state index contributed by atoms with van der Waals surface area (Å²) in [7, 11) is 1.17. The highest BCUT2D eigenvalue weighted by molar-refractivity contribution is 6.33. The van der Waals surface area contributed by atoms with E-state index in [-0.39, 0.29) is 12.3 Å². The Kier molecular flexibility index (Phi) is 6.36. The second-order valence-electron chi connectivity index (χ2n) is 2.94. The van der Waals surface area contributed by atoms with Crippen molar-refractivity contribution >= 4 is 17.7 Å². The van der Waals surface area contributed by atoms with Gasteiger partial charge in [0.1, 0.15) is 0 Å². The van der Waals surface area contributed by atoms with Gasteiger partial charge in [-0.3, -0.25) is 9.59 Å². The Hall–Kier alpha value is -1.39. The summed E-state index contributed by atoms with van der Waals surface area (Å²) in [6.07, 6.45) is 2.45. The van der Waals surface area contributed by atoms with Crippen LogP contribution in [-0.2, 0) is 19.1 Å². The van der Waals surface area contributed by atoms with E-state index >= 15 is 0 Å². The highest BCUT2D eigenvalue weighted by Crippen LogP contribution is 2.03. The van der Waals surface area contributed by atoms with Crippen LogP contribution in [0.25, 0.3) is 0 Å². The number of rotatable bonds is 7. The summed E-state index contributed by atoms with van der Waals surface area (Å²) in [6.45, 7) is 0. The topological polar surface area (TPSA) is 86.5 Å². The number of methoxy groups -OCH3 is 1. The van der Waals surface area contributed by atoms with Gasteiger partial charge < -0.3 is 10.5 Å². The van der Waals surface area contributed by atoms with Crippen molar-refractivity contribution in [3.8, 4) is 0 Å². The third-order valence-corrected chi connectivity index (χ3v) is 1.74. The van der Waals surface area contributed by atoms with Crippen LogP contribution in [0.2, 0.25) is 0 Å². The van der Waals surface area contributed by atoms with Crippen molar-refractivity contribution in [3.63, 3.8) is 0 Å². The Balaban J connectivity index is 3.41. The molecule has 0 heterocycles. The minimum absolute atomic E-state index is 0.172. The van der Waals surface area contributed by atoms with Gasteiger partial charge in [-0.1, -0.05) is 6.42 Å².